The smallest absolute Gasteiger partial charge is 0.318 e. The van der Waals surface area contributed by atoms with Crippen LogP contribution < -0.4 is 10.2 Å². The van der Waals surface area contributed by atoms with Crippen molar-refractivity contribution >= 4 is 40.0 Å². The molecular formula is C23H23F3IN5O. The van der Waals surface area contributed by atoms with Crippen molar-refractivity contribution in [3.8, 4) is 11.5 Å². The first-order valence-corrected chi connectivity index (χ1v) is 12.1. The quantitative estimate of drug-likeness (QED) is 0.392. The van der Waals surface area contributed by atoms with Gasteiger partial charge in [-0.15, -0.1) is 5.10 Å². The van der Waals surface area contributed by atoms with Gasteiger partial charge in [0.05, 0.1) is 16.9 Å². The van der Waals surface area contributed by atoms with Crippen molar-refractivity contribution in [2.24, 2.45) is 0 Å². The average Bonchev–Trinajstić information content (AvgIpc) is 3.55. The molecule has 0 bridgehead atoms. The molecule has 1 N–H and O–H groups in total. The number of anilines is 3. The van der Waals surface area contributed by atoms with Crippen molar-refractivity contribution in [1.82, 2.24) is 15.1 Å². The van der Waals surface area contributed by atoms with Gasteiger partial charge in [0, 0.05) is 22.7 Å². The van der Waals surface area contributed by atoms with Gasteiger partial charge >= 0.3 is 6.01 Å². The van der Waals surface area contributed by atoms with E-state index < -0.39 is 17.5 Å². The van der Waals surface area contributed by atoms with Gasteiger partial charge in [0.15, 0.2) is 11.6 Å². The Labute approximate surface area is 203 Å². The molecule has 3 heterocycles. The summed E-state index contributed by atoms with van der Waals surface area (Å²) >= 11 is 1.98. The number of aromatic nitrogens is 2. The van der Waals surface area contributed by atoms with Crippen molar-refractivity contribution in [1.29, 1.82) is 0 Å². The first-order chi connectivity index (χ1) is 16.0. The molecule has 2 aliphatic heterocycles. The molecule has 174 valence electrons. The monoisotopic (exact) mass is 569 g/mol. The molecule has 2 aliphatic rings. The van der Waals surface area contributed by atoms with E-state index in [1.165, 1.54) is 31.0 Å². The fourth-order valence-corrected chi connectivity index (χ4v) is 5.01. The molecule has 0 radical (unpaired) electrons. The van der Waals surface area contributed by atoms with E-state index in [-0.39, 0.29) is 28.9 Å². The second-order valence-electron chi connectivity index (χ2n) is 8.42. The summed E-state index contributed by atoms with van der Waals surface area (Å²) in [6, 6.07) is 7.44. The summed E-state index contributed by atoms with van der Waals surface area (Å²) in [5.41, 5.74) is -0.0626. The molecule has 1 aromatic heterocycles. The molecule has 6 nitrogen and oxygen atoms in total. The van der Waals surface area contributed by atoms with Crippen LogP contribution in [0.25, 0.3) is 11.5 Å². The van der Waals surface area contributed by atoms with Crippen LogP contribution in [0.1, 0.15) is 25.7 Å². The topological polar surface area (TPSA) is 57.4 Å². The summed E-state index contributed by atoms with van der Waals surface area (Å²) in [5.74, 6) is -2.73. The minimum Gasteiger partial charge on any atom is -0.403 e. The van der Waals surface area contributed by atoms with E-state index in [0.29, 0.717) is 9.58 Å². The summed E-state index contributed by atoms with van der Waals surface area (Å²) in [4.78, 5) is 4.55. The predicted octanol–water partition coefficient (Wildman–Crippen LogP) is 5.57. The Morgan fingerprint density at radius 1 is 1.00 bits per heavy atom. The van der Waals surface area contributed by atoms with Gasteiger partial charge in [0.1, 0.15) is 5.82 Å². The highest BCUT2D eigenvalue weighted by Gasteiger charge is 2.31. The molecule has 0 saturated carbocycles. The number of nitrogens with zero attached hydrogens (tertiary/aromatic N) is 4. The summed E-state index contributed by atoms with van der Waals surface area (Å²) in [6.45, 7) is 3.97. The highest BCUT2D eigenvalue weighted by Crippen LogP contribution is 2.36. The zero-order valence-corrected chi connectivity index (χ0v) is 20.0. The van der Waals surface area contributed by atoms with Gasteiger partial charge in [-0.05, 0) is 91.7 Å². The fourth-order valence-electron chi connectivity index (χ4n) is 4.56. The van der Waals surface area contributed by atoms with E-state index in [9.17, 15) is 13.2 Å². The molecule has 2 aromatic carbocycles. The SMILES string of the molecule is Fc1cc(I)ccc1Nc1c(-c2nnc(N3CCCC3CN3CCCC3)o2)ccc(F)c1F. The molecule has 10 heteroatoms. The van der Waals surface area contributed by atoms with Crippen LogP contribution in [0, 0.1) is 21.0 Å². The van der Waals surface area contributed by atoms with Gasteiger partial charge in [0.2, 0.25) is 0 Å². The molecule has 0 amide bonds. The van der Waals surface area contributed by atoms with Crippen LogP contribution in [0.2, 0.25) is 0 Å². The summed E-state index contributed by atoms with van der Waals surface area (Å²) in [6.07, 6.45) is 4.52. The maximum atomic E-state index is 14.8. The van der Waals surface area contributed by atoms with E-state index in [0.717, 1.165) is 45.1 Å². The molecule has 2 saturated heterocycles. The van der Waals surface area contributed by atoms with E-state index in [1.54, 1.807) is 6.07 Å². The standard InChI is InChI=1S/C23H23F3IN5O/c24-17-7-6-16(21(20(17)26)28-19-8-5-14(27)12-18(19)25)22-29-30-23(33-22)32-11-3-4-15(32)13-31-9-1-2-10-31/h5-8,12,15,28H,1-4,9-11,13H2. The van der Waals surface area contributed by atoms with Gasteiger partial charge in [-0.2, -0.15) is 0 Å². The Hall–Kier alpha value is -2.34. The lowest BCUT2D eigenvalue weighted by Crippen LogP contribution is -2.39. The number of hydrogen-bond donors (Lipinski definition) is 1. The first kappa shape index (κ1) is 22.5. The zero-order chi connectivity index (χ0) is 22.9. The Kier molecular flexibility index (Phi) is 6.46. The maximum absolute atomic E-state index is 14.8. The average molecular weight is 569 g/mol. The number of nitrogens with one attached hydrogen (secondary N) is 1. The van der Waals surface area contributed by atoms with E-state index in [4.69, 9.17) is 4.42 Å². The van der Waals surface area contributed by atoms with Crippen LogP contribution in [0.4, 0.5) is 30.6 Å². The predicted molar refractivity (Wildman–Crippen MR) is 128 cm³/mol. The van der Waals surface area contributed by atoms with Gasteiger partial charge in [-0.1, -0.05) is 5.10 Å². The Morgan fingerprint density at radius 2 is 1.82 bits per heavy atom. The lowest BCUT2D eigenvalue weighted by Gasteiger charge is -2.26. The molecule has 0 aliphatic carbocycles. The molecule has 3 aromatic rings. The summed E-state index contributed by atoms with van der Waals surface area (Å²) < 4.78 is 49.8. The second-order valence-corrected chi connectivity index (χ2v) is 9.67. The molecule has 33 heavy (non-hydrogen) atoms. The highest BCUT2D eigenvalue weighted by molar-refractivity contribution is 14.1. The number of likely N-dealkylation sites (tertiary alicyclic amines) is 1. The minimum atomic E-state index is -1.14. The number of halogens is 4. The van der Waals surface area contributed by atoms with Gasteiger partial charge < -0.3 is 19.5 Å². The Morgan fingerprint density at radius 3 is 2.61 bits per heavy atom. The van der Waals surface area contributed by atoms with Crippen molar-refractivity contribution in [2.45, 2.75) is 31.7 Å². The minimum absolute atomic E-state index is 0.0196. The number of benzene rings is 2. The van der Waals surface area contributed by atoms with Crippen molar-refractivity contribution < 1.29 is 17.6 Å². The van der Waals surface area contributed by atoms with Crippen molar-refractivity contribution in [3.05, 3.63) is 51.4 Å². The van der Waals surface area contributed by atoms with E-state index >= 15 is 0 Å². The fraction of sp³-hybridized carbons (Fsp3) is 0.391. The number of rotatable bonds is 6. The third-order valence-electron chi connectivity index (χ3n) is 6.22. The van der Waals surface area contributed by atoms with Crippen LogP contribution >= 0.6 is 22.6 Å². The first-order valence-electron chi connectivity index (χ1n) is 11.0. The van der Waals surface area contributed by atoms with Crippen LogP contribution in [-0.2, 0) is 0 Å². The third kappa shape index (κ3) is 4.68. The molecular weight excluding hydrogens is 546 g/mol. The normalized spacial score (nSPS) is 18.9. The lowest BCUT2D eigenvalue weighted by atomic mass is 10.1. The van der Waals surface area contributed by atoms with Gasteiger partial charge in [-0.3, -0.25) is 0 Å². The van der Waals surface area contributed by atoms with E-state index in [1.807, 2.05) is 22.6 Å². The van der Waals surface area contributed by atoms with Crippen LogP contribution in [0.15, 0.2) is 34.7 Å². The Bertz CT molecular complexity index is 1150. The second kappa shape index (κ2) is 9.49. The van der Waals surface area contributed by atoms with Gasteiger partial charge in [-0.25, -0.2) is 13.2 Å². The highest BCUT2D eigenvalue weighted by atomic mass is 127. The Balaban J connectivity index is 1.43. The number of hydrogen-bond acceptors (Lipinski definition) is 6. The molecule has 2 fully saturated rings. The third-order valence-corrected chi connectivity index (χ3v) is 6.89. The van der Waals surface area contributed by atoms with E-state index in [2.05, 4.69) is 25.3 Å². The maximum Gasteiger partial charge on any atom is 0.318 e. The van der Waals surface area contributed by atoms with Gasteiger partial charge in [0.25, 0.3) is 5.89 Å². The molecule has 1 unspecified atom stereocenters. The molecule has 1 atom stereocenters. The molecule has 0 spiro atoms. The largest absolute Gasteiger partial charge is 0.403 e. The lowest BCUT2D eigenvalue weighted by molar-refractivity contribution is 0.310. The van der Waals surface area contributed by atoms with Crippen LogP contribution in [0.3, 0.4) is 0 Å². The molecule has 5 rings (SSSR count). The summed E-state index contributed by atoms with van der Waals surface area (Å²) in [7, 11) is 0. The summed E-state index contributed by atoms with van der Waals surface area (Å²) in [5, 5.41) is 11.0. The van der Waals surface area contributed by atoms with Crippen LogP contribution in [0.5, 0.6) is 0 Å². The zero-order valence-electron chi connectivity index (χ0n) is 17.8. The van der Waals surface area contributed by atoms with Crippen molar-refractivity contribution in [3.63, 3.8) is 0 Å². The van der Waals surface area contributed by atoms with Crippen molar-refractivity contribution in [2.75, 3.05) is 36.4 Å². The van der Waals surface area contributed by atoms with Crippen LogP contribution in [-0.4, -0.2) is 47.3 Å².